The van der Waals surface area contributed by atoms with Crippen molar-refractivity contribution >= 4 is 15.9 Å². The number of aryl methyl sites for hydroxylation is 1. The van der Waals surface area contributed by atoms with Crippen molar-refractivity contribution in [3.05, 3.63) is 46.5 Å². The molecule has 0 amide bonds. The van der Waals surface area contributed by atoms with Crippen molar-refractivity contribution in [3.63, 3.8) is 0 Å². The smallest absolute Gasteiger partial charge is 0.113 e. The maximum Gasteiger partial charge on any atom is 0.113 e. The monoisotopic (exact) mass is 335 g/mol. The van der Waals surface area contributed by atoms with Crippen LogP contribution in [0.1, 0.15) is 44.6 Å². The molecule has 1 heterocycles. The van der Waals surface area contributed by atoms with Crippen molar-refractivity contribution in [3.8, 4) is 5.69 Å². The van der Waals surface area contributed by atoms with Crippen molar-refractivity contribution in [1.82, 2.24) is 14.9 Å². The zero-order chi connectivity index (χ0) is 14.5. The number of benzene rings is 1. The van der Waals surface area contributed by atoms with Crippen LogP contribution >= 0.6 is 15.9 Å². The van der Waals surface area contributed by atoms with E-state index in [1.54, 1.807) is 0 Å². The zero-order valence-electron chi connectivity index (χ0n) is 12.4. The highest BCUT2D eigenvalue weighted by molar-refractivity contribution is 9.10. The normalized spacial score (nSPS) is 12.6. The molecule has 0 saturated carbocycles. The second kappa shape index (κ2) is 7.04. The summed E-state index contributed by atoms with van der Waals surface area (Å²) < 4.78 is 3.32. The third-order valence-electron chi connectivity index (χ3n) is 3.42. The highest BCUT2D eigenvalue weighted by Gasteiger charge is 2.14. The van der Waals surface area contributed by atoms with Gasteiger partial charge in [-0.25, -0.2) is 4.98 Å². The van der Waals surface area contributed by atoms with E-state index in [-0.39, 0.29) is 0 Å². The van der Waals surface area contributed by atoms with Gasteiger partial charge in [0.25, 0.3) is 0 Å². The summed E-state index contributed by atoms with van der Waals surface area (Å²) in [4.78, 5) is 4.48. The van der Waals surface area contributed by atoms with Crippen molar-refractivity contribution < 1.29 is 0 Å². The molecular formula is C16H22BrN3. The predicted molar refractivity (Wildman–Crippen MR) is 87.4 cm³/mol. The van der Waals surface area contributed by atoms with Gasteiger partial charge in [-0.05, 0) is 43.7 Å². The molecule has 0 fully saturated rings. The molecule has 0 radical (unpaired) electrons. The number of nitrogens with zero attached hydrogens (tertiary/aromatic N) is 2. The molecule has 108 valence electrons. The Morgan fingerprint density at radius 2 is 2.15 bits per heavy atom. The summed E-state index contributed by atoms with van der Waals surface area (Å²) in [5, 5.41) is 3.49. The molecule has 2 aromatic rings. The van der Waals surface area contributed by atoms with Crippen LogP contribution in [0.5, 0.6) is 0 Å². The standard InChI is InChI=1S/C16H22BrN3/c1-4-6-16-19-9-10-20(16)15-8-7-13(17)11-14(15)12(3)18-5-2/h7-12,18H,4-6H2,1-3H3. The minimum Gasteiger partial charge on any atom is -0.310 e. The molecule has 0 aliphatic rings. The van der Waals surface area contributed by atoms with Crippen LogP contribution < -0.4 is 5.32 Å². The Balaban J connectivity index is 2.47. The van der Waals surface area contributed by atoms with Gasteiger partial charge >= 0.3 is 0 Å². The molecule has 1 atom stereocenters. The Hall–Kier alpha value is -1.13. The lowest BCUT2D eigenvalue weighted by atomic mass is 10.1. The van der Waals surface area contributed by atoms with E-state index in [0.717, 1.165) is 29.7 Å². The maximum absolute atomic E-state index is 4.48. The molecule has 2 rings (SSSR count). The molecule has 1 aromatic carbocycles. The largest absolute Gasteiger partial charge is 0.310 e. The fourth-order valence-electron chi connectivity index (χ4n) is 2.47. The van der Waals surface area contributed by atoms with E-state index < -0.39 is 0 Å². The van der Waals surface area contributed by atoms with Gasteiger partial charge in [0, 0.05) is 29.3 Å². The summed E-state index contributed by atoms with van der Waals surface area (Å²) >= 11 is 3.58. The number of rotatable bonds is 6. The summed E-state index contributed by atoms with van der Waals surface area (Å²) in [7, 11) is 0. The summed E-state index contributed by atoms with van der Waals surface area (Å²) in [6.45, 7) is 7.47. The fourth-order valence-corrected chi connectivity index (χ4v) is 2.85. The minimum absolute atomic E-state index is 0.310. The minimum atomic E-state index is 0.310. The van der Waals surface area contributed by atoms with Crippen molar-refractivity contribution in [2.75, 3.05) is 6.54 Å². The Bertz CT molecular complexity index is 563. The van der Waals surface area contributed by atoms with E-state index >= 15 is 0 Å². The van der Waals surface area contributed by atoms with Crippen molar-refractivity contribution in [1.29, 1.82) is 0 Å². The van der Waals surface area contributed by atoms with Crippen LogP contribution in [0.25, 0.3) is 5.69 Å². The fraction of sp³-hybridized carbons (Fsp3) is 0.438. The Morgan fingerprint density at radius 1 is 1.35 bits per heavy atom. The van der Waals surface area contributed by atoms with E-state index in [4.69, 9.17) is 0 Å². The molecule has 1 aromatic heterocycles. The first-order valence-corrected chi connectivity index (χ1v) is 8.02. The van der Waals surface area contributed by atoms with Gasteiger partial charge in [0.15, 0.2) is 0 Å². The van der Waals surface area contributed by atoms with E-state index in [2.05, 4.69) is 76.0 Å². The third-order valence-corrected chi connectivity index (χ3v) is 3.91. The molecular weight excluding hydrogens is 314 g/mol. The lowest BCUT2D eigenvalue weighted by Gasteiger charge is -2.19. The molecule has 0 saturated heterocycles. The molecule has 20 heavy (non-hydrogen) atoms. The third kappa shape index (κ3) is 3.30. The number of nitrogens with one attached hydrogen (secondary N) is 1. The summed E-state index contributed by atoms with van der Waals surface area (Å²) in [6.07, 6.45) is 6.04. The van der Waals surface area contributed by atoms with Crippen molar-refractivity contribution in [2.24, 2.45) is 0 Å². The summed E-state index contributed by atoms with van der Waals surface area (Å²) in [5.41, 5.74) is 2.50. The summed E-state index contributed by atoms with van der Waals surface area (Å²) in [6, 6.07) is 6.75. The SMILES string of the molecule is CCCc1nccn1-c1ccc(Br)cc1C(C)NCC. The Kier molecular flexibility index (Phi) is 5.38. The second-order valence-corrected chi connectivity index (χ2v) is 5.86. The average molecular weight is 336 g/mol. The van der Waals surface area contributed by atoms with Gasteiger partial charge in [-0.15, -0.1) is 0 Å². The second-order valence-electron chi connectivity index (χ2n) is 4.95. The van der Waals surface area contributed by atoms with Crippen LogP contribution in [-0.4, -0.2) is 16.1 Å². The van der Waals surface area contributed by atoms with Gasteiger partial charge in [0.05, 0.1) is 5.69 Å². The molecule has 0 bridgehead atoms. The first kappa shape index (κ1) is 15.3. The van der Waals surface area contributed by atoms with E-state index in [9.17, 15) is 0 Å². The van der Waals surface area contributed by atoms with E-state index in [1.807, 2.05) is 6.20 Å². The van der Waals surface area contributed by atoms with Crippen LogP contribution in [0, 0.1) is 0 Å². The first-order chi connectivity index (χ1) is 9.67. The zero-order valence-corrected chi connectivity index (χ0v) is 13.9. The molecule has 3 nitrogen and oxygen atoms in total. The van der Waals surface area contributed by atoms with E-state index in [1.165, 1.54) is 11.3 Å². The molecule has 1 unspecified atom stereocenters. The van der Waals surface area contributed by atoms with Gasteiger partial charge in [-0.2, -0.15) is 0 Å². The molecule has 0 aliphatic carbocycles. The highest BCUT2D eigenvalue weighted by atomic mass is 79.9. The quantitative estimate of drug-likeness (QED) is 0.854. The van der Waals surface area contributed by atoms with Crippen LogP contribution in [0.2, 0.25) is 0 Å². The number of hydrogen-bond donors (Lipinski definition) is 1. The average Bonchev–Trinajstić information content (AvgIpc) is 2.87. The number of halogens is 1. The van der Waals surface area contributed by atoms with Crippen molar-refractivity contribution in [2.45, 2.75) is 39.7 Å². The molecule has 4 heteroatoms. The molecule has 0 aliphatic heterocycles. The van der Waals surface area contributed by atoms with Gasteiger partial charge < -0.3 is 9.88 Å². The van der Waals surface area contributed by atoms with Crippen LogP contribution in [0.3, 0.4) is 0 Å². The van der Waals surface area contributed by atoms with Gasteiger partial charge in [-0.1, -0.05) is 29.8 Å². The highest BCUT2D eigenvalue weighted by Crippen LogP contribution is 2.26. The van der Waals surface area contributed by atoms with Gasteiger partial charge in [-0.3, -0.25) is 0 Å². The Morgan fingerprint density at radius 3 is 2.85 bits per heavy atom. The van der Waals surface area contributed by atoms with Gasteiger partial charge in [0.2, 0.25) is 0 Å². The van der Waals surface area contributed by atoms with Crippen LogP contribution in [0.15, 0.2) is 35.1 Å². The van der Waals surface area contributed by atoms with Gasteiger partial charge in [0.1, 0.15) is 5.82 Å². The topological polar surface area (TPSA) is 29.9 Å². The predicted octanol–water partition coefficient (Wildman–Crippen LogP) is 4.26. The van der Waals surface area contributed by atoms with Crippen LogP contribution in [0.4, 0.5) is 0 Å². The number of hydrogen-bond acceptors (Lipinski definition) is 2. The Labute approximate surface area is 129 Å². The lowest BCUT2D eigenvalue weighted by molar-refractivity contribution is 0.594. The lowest BCUT2D eigenvalue weighted by Crippen LogP contribution is -2.19. The number of imidazole rings is 1. The van der Waals surface area contributed by atoms with Crippen LogP contribution in [-0.2, 0) is 6.42 Å². The summed E-state index contributed by atoms with van der Waals surface area (Å²) in [5.74, 6) is 1.12. The first-order valence-electron chi connectivity index (χ1n) is 7.22. The maximum atomic E-state index is 4.48. The molecule has 1 N–H and O–H groups in total. The number of aromatic nitrogens is 2. The van der Waals surface area contributed by atoms with E-state index in [0.29, 0.717) is 6.04 Å². The molecule has 0 spiro atoms.